The Morgan fingerprint density at radius 2 is 1.61 bits per heavy atom. The molecule has 1 N–H and O–H groups in total. The fourth-order valence-corrected chi connectivity index (χ4v) is 2.88. The number of rotatable bonds is 11. The maximum absolute atomic E-state index is 12.4. The number of nitrogens with zero attached hydrogens (tertiary/aromatic N) is 2. The molecule has 0 spiro atoms. The number of benzene rings is 2. The van der Waals surface area contributed by atoms with Gasteiger partial charge in [0.05, 0.1) is 0 Å². The van der Waals surface area contributed by atoms with Crippen molar-refractivity contribution in [2.24, 2.45) is 0 Å². The van der Waals surface area contributed by atoms with Gasteiger partial charge in [0.25, 0.3) is 0 Å². The van der Waals surface area contributed by atoms with E-state index in [-0.39, 0.29) is 5.78 Å². The Kier molecular flexibility index (Phi) is 8.92. The molecule has 4 heteroatoms. The van der Waals surface area contributed by atoms with E-state index >= 15 is 0 Å². The van der Waals surface area contributed by atoms with E-state index in [1.807, 2.05) is 54.6 Å². The zero-order chi connectivity index (χ0) is 20.4. The molecule has 2 aromatic rings. The number of anilines is 1. The molecule has 0 aromatic heterocycles. The SMILES string of the molecule is CCN(CC)Cc1ccc(C(=O)/C=C/c2ccc(NCCN(C)C)cc2)cc1. The van der Waals surface area contributed by atoms with Crippen LogP contribution in [-0.2, 0) is 6.54 Å². The first-order valence-electron chi connectivity index (χ1n) is 10.0. The second kappa shape index (κ2) is 11.4. The number of nitrogens with one attached hydrogen (secondary N) is 1. The molecular formula is C24H33N3O. The molecule has 0 amide bonds. The van der Waals surface area contributed by atoms with Crippen LogP contribution < -0.4 is 5.32 Å². The fourth-order valence-electron chi connectivity index (χ4n) is 2.88. The average Bonchev–Trinajstić information content (AvgIpc) is 2.71. The average molecular weight is 380 g/mol. The van der Waals surface area contributed by atoms with Crippen LogP contribution in [0.15, 0.2) is 54.6 Å². The van der Waals surface area contributed by atoms with E-state index in [9.17, 15) is 4.79 Å². The standard InChI is InChI=1S/C24H33N3O/c1-5-27(6-2)19-21-7-12-22(13-8-21)24(28)16-11-20-9-14-23(15-10-20)25-17-18-26(3)4/h7-16,25H,5-6,17-19H2,1-4H3/b16-11+. The second-order valence-electron chi connectivity index (χ2n) is 7.21. The molecule has 28 heavy (non-hydrogen) atoms. The van der Waals surface area contributed by atoms with Crippen LogP contribution in [0.4, 0.5) is 5.69 Å². The summed E-state index contributed by atoms with van der Waals surface area (Å²) in [5.41, 5.74) is 4.07. The zero-order valence-electron chi connectivity index (χ0n) is 17.6. The Labute approximate surface area is 169 Å². The summed E-state index contributed by atoms with van der Waals surface area (Å²) in [5.74, 6) is 0.0302. The lowest BCUT2D eigenvalue weighted by Crippen LogP contribution is -2.22. The van der Waals surface area contributed by atoms with E-state index in [0.29, 0.717) is 0 Å². The lowest BCUT2D eigenvalue weighted by molar-refractivity contribution is 0.104. The Bertz CT molecular complexity index is 744. The molecule has 0 saturated heterocycles. The summed E-state index contributed by atoms with van der Waals surface area (Å²) in [6.45, 7) is 9.21. The van der Waals surface area contributed by atoms with Gasteiger partial charge in [-0.15, -0.1) is 0 Å². The number of ketones is 1. The number of hydrogen-bond acceptors (Lipinski definition) is 4. The van der Waals surface area contributed by atoms with E-state index in [1.165, 1.54) is 5.56 Å². The van der Waals surface area contributed by atoms with E-state index in [2.05, 4.69) is 43.1 Å². The molecule has 0 radical (unpaired) electrons. The zero-order valence-corrected chi connectivity index (χ0v) is 17.6. The van der Waals surface area contributed by atoms with Crippen molar-refractivity contribution in [2.45, 2.75) is 20.4 Å². The summed E-state index contributed by atoms with van der Waals surface area (Å²) >= 11 is 0. The fraction of sp³-hybridized carbons (Fsp3) is 0.375. The van der Waals surface area contributed by atoms with Crippen LogP contribution in [0.5, 0.6) is 0 Å². The van der Waals surface area contributed by atoms with Crippen molar-refractivity contribution in [1.82, 2.24) is 9.80 Å². The molecule has 4 nitrogen and oxygen atoms in total. The highest BCUT2D eigenvalue weighted by molar-refractivity contribution is 6.06. The van der Waals surface area contributed by atoms with Gasteiger partial charge in [0, 0.05) is 30.9 Å². The lowest BCUT2D eigenvalue weighted by Gasteiger charge is -2.17. The van der Waals surface area contributed by atoms with Gasteiger partial charge in [-0.25, -0.2) is 0 Å². The number of hydrogen-bond donors (Lipinski definition) is 1. The molecule has 0 atom stereocenters. The highest BCUT2D eigenvalue weighted by Crippen LogP contribution is 2.12. The third kappa shape index (κ3) is 7.29. The molecule has 0 aliphatic rings. The van der Waals surface area contributed by atoms with Crippen molar-refractivity contribution in [2.75, 3.05) is 45.6 Å². The van der Waals surface area contributed by atoms with Crippen molar-refractivity contribution in [1.29, 1.82) is 0 Å². The number of carbonyl (C=O) groups is 1. The van der Waals surface area contributed by atoms with Crippen molar-refractivity contribution in [3.05, 3.63) is 71.3 Å². The first-order chi connectivity index (χ1) is 13.5. The smallest absolute Gasteiger partial charge is 0.185 e. The number of carbonyl (C=O) groups excluding carboxylic acids is 1. The molecule has 0 aliphatic heterocycles. The van der Waals surface area contributed by atoms with Crippen LogP contribution in [-0.4, -0.2) is 55.9 Å². The van der Waals surface area contributed by atoms with Crippen LogP contribution in [0.3, 0.4) is 0 Å². The van der Waals surface area contributed by atoms with Crippen molar-refractivity contribution in [3.8, 4) is 0 Å². The molecule has 150 valence electrons. The van der Waals surface area contributed by atoms with Crippen LogP contribution in [0.1, 0.15) is 35.3 Å². The summed E-state index contributed by atoms with van der Waals surface area (Å²) in [7, 11) is 4.12. The Morgan fingerprint density at radius 1 is 0.964 bits per heavy atom. The van der Waals surface area contributed by atoms with Crippen molar-refractivity contribution < 1.29 is 4.79 Å². The molecule has 0 bridgehead atoms. The maximum atomic E-state index is 12.4. The van der Waals surface area contributed by atoms with Gasteiger partial charge in [-0.2, -0.15) is 0 Å². The summed E-state index contributed by atoms with van der Waals surface area (Å²) in [6, 6.07) is 16.1. The predicted octanol–water partition coefficient (Wildman–Crippen LogP) is 4.40. The molecule has 0 fully saturated rings. The molecule has 2 rings (SSSR count). The quantitative estimate of drug-likeness (QED) is 0.464. The third-order valence-corrected chi connectivity index (χ3v) is 4.77. The van der Waals surface area contributed by atoms with E-state index in [1.54, 1.807) is 6.08 Å². The third-order valence-electron chi connectivity index (χ3n) is 4.77. The maximum Gasteiger partial charge on any atom is 0.185 e. The predicted molar refractivity (Wildman–Crippen MR) is 120 cm³/mol. The van der Waals surface area contributed by atoms with Gasteiger partial charge in [-0.1, -0.05) is 56.3 Å². The summed E-state index contributed by atoms with van der Waals surface area (Å²) in [5, 5.41) is 3.38. The Morgan fingerprint density at radius 3 is 2.18 bits per heavy atom. The molecule has 0 saturated carbocycles. The summed E-state index contributed by atoms with van der Waals surface area (Å²) in [6.07, 6.45) is 3.52. The van der Waals surface area contributed by atoms with Gasteiger partial charge in [0.1, 0.15) is 0 Å². The minimum atomic E-state index is 0.0302. The molecule has 0 aliphatic carbocycles. The number of allylic oxidation sites excluding steroid dienone is 1. The van der Waals surface area contributed by atoms with Crippen LogP contribution in [0.25, 0.3) is 6.08 Å². The summed E-state index contributed by atoms with van der Waals surface area (Å²) in [4.78, 5) is 16.9. The van der Waals surface area contributed by atoms with Crippen molar-refractivity contribution >= 4 is 17.5 Å². The normalized spacial score (nSPS) is 11.5. The summed E-state index contributed by atoms with van der Waals surface area (Å²) < 4.78 is 0. The first kappa shape index (κ1) is 21.9. The van der Waals surface area contributed by atoms with Crippen LogP contribution in [0.2, 0.25) is 0 Å². The van der Waals surface area contributed by atoms with Gasteiger partial charge in [0.15, 0.2) is 5.78 Å². The lowest BCUT2D eigenvalue weighted by atomic mass is 10.1. The van der Waals surface area contributed by atoms with Gasteiger partial charge < -0.3 is 10.2 Å². The van der Waals surface area contributed by atoms with E-state index in [0.717, 1.165) is 49.5 Å². The Balaban J connectivity index is 1.90. The van der Waals surface area contributed by atoms with Crippen molar-refractivity contribution in [3.63, 3.8) is 0 Å². The molecule has 0 heterocycles. The number of likely N-dealkylation sites (N-methyl/N-ethyl adjacent to an activating group) is 1. The topological polar surface area (TPSA) is 35.6 Å². The second-order valence-corrected chi connectivity index (χ2v) is 7.21. The highest BCUT2D eigenvalue weighted by atomic mass is 16.1. The highest BCUT2D eigenvalue weighted by Gasteiger charge is 2.04. The molecular weight excluding hydrogens is 346 g/mol. The Hall–Kier alpha value is -2.43. The van der Waals surface area contributed by atoms with Crippen LogP contribution in [0, 0.1) is 0 Å². The van der Waals surface area contributed by atoms with Gasteiger partial charge >= 0.3 is 0 Å². The largest absolute Gasteiger partial charge is 0.384 e. The first-order valence-corrected chi connectivity index (χ1v) is 10.0. The monoisotopic (exact) mass is 379 g/mol. The van der Waals surface area contributed by atoms with E-state index in [4.69, 9.17) is 0 Å². The molecule has 2 aromatic carbocycles. The van der Waals surface area contributed by atoms with E-state index < -0.39 is 0 Å². The van der Waals surface area contributed by atoms with Crippen LogP contribution >= 0.6 is 0 Å². The minimum Gasteiger partial charge on any atom is -0.384 e. The van der Waals surface area contributed by atoms with Gasteiger partial charge in [-0.05, 0) is 56.5 Å². The van der Waals surface area contributed by atoms with Gasteiger partial charge in [-0.3, -0.25) is 9.69 Å². The minimum absolute atomic E-state index is 0.0302. The van der Waals surface area contributed by atoms with Gasteiger partial charge in [0.2, 0.25) is 0 Å². The molecule has 0 unspecified atom stereocenters.